The number of rotatable bonds is 4. The molecule has 0 spiro atoms. The Hall–Kier alpha value is -1.69. The molecule has 0 bridgehead atoms. The molecule has 3 heterocycles. The highest BCUT2D eigenvalue weighted by atomic mass is 16.5. The molecule has 1 fully saturated rings. The van der Waals surface area contributed by atoms with Gasteiger partial charge in [0.1, 0.15) is 18.4 Å². The zero-order valence-corrected chi connectivity index (χ0v) is 12.1. The lowest BCUT2D eigenvalue weighted by atomic mass is 9.97. The minimum absolute atomic E-state index is 0.644. The van der Waals surface area contributed by atoms with Gasteiger partial charge in [-0.1, -0.05) is 5.16 Å². The summed E-state index contributed by atoms with van der Waals surface area (Å²) in [5.74, 6) is 1.59. The monoisotopic (exact) mass is 275 g/mol. The average molecular weight is 275 g/mol. The molecule has 0 unspecified atom stereocenters. The molecule has 1 saturated heterocycles. The first-order chi connectivity index (χ1) is 9.72. The molecule has 0 N–H and O–H groups in total. The van der Waals surface area contributed by atoms with E-state index in [0.29, 0.717) is 5.92 Å². The standard InChI is InChI=1S/C14H21N5O/c1-11-14(12(2)20-17-11)8-18-5-3-4-13(6-18)7-19-10-15-9-16-19/h9-10,13H,3-8H2,1-2H3/t13-/m0/s1. The molecule has 3 rings (SSSR count). The fourth-order valence-corrected chi connectivity index (χ4v) is 2.99. The molecule has 2 aromatic rings. The second-order valence-electron chi connectivity index (χ2n) is 5.66. The van der Waals surface area contributed by atoms with Crippen LogP contribution in [0.1, 0.15) is 29.9 Å². The van der Waals surface area contributed by atoms with Crippen LogP contribution in [-0.2, 0) is 13.1 Å². The highest BCUT2D eigenvalue weighted by Crippen LogP contribution is 2.22. The van der Waals surface area contributed by atoms with Crippen LogP contribution in [0.2, 0.25) is 0 Å². The average Bonchev–Trinajstić information content (AvgIpc) is 3.04. The number of hydrogen-bond donors (Lipinski definition) is 0. The third kappa shape index (κ3) is 2.90. The first kappa shape index (κ1) is 13.3. The van der Waals surface area contributed by atoms with Crippen LogP contribution in [0.5, 0.6) is 0 Å². The predicted octanol–water partition coefficient (Wildman–Crippen LogP) is 1.80. The summed E-state index contributed by atoms with van der Waals surface area (Å²) in [7, 11) is 0. The van der Waals surface area contributed by atoms with Crippen LogP contribution in [0.3, 0.4) is 0 Å². The lowest BCUT2D eigenvalue weighted by Gasteiger charge is -2.32. The molecular weight excluding hydrogens is 254 g/mol. The Labute approximate surface area is 118 Å². The maximum Gasteiger partial charge on any atom is 0.138 e. The van der Waals surface area contributed by atoms with Gasteiger partial charge < -0.3 is 4.52 Å². The van der Waals surface area contributed by atoms with E-state index in [1.807, 2.05) is 18.5 Å². The molecule has 20 heavy (non-hydrogen) atoms. The van der Waals surface area contributed by atoms with Crippen LogP contribution in [0, 0.1) is 19.8 Å². The van der Waals surface area contributed by atoms with Crippen molar-refractivity contribution in [1.82, 2.24) is 24.8 Å². The van der Waals surface area contributed by atoms with Crippen molar-refractivity contribution in [1.29, 1.82) is 0 Å². The molecule has 6 nitrogen and oxygen atoms in total. The van der Waals surface area contributed by atoms with Crippen molar-refractivity contribution in [3.8, 4) is 0 Å². The van der Waals surface area contributed by atoms with Crippen molar-refractivity contribution in [3.63, 3.8) is 0 Å². The summed E-state index contributed by atoms with van der Waals surface area (Å²) in [5.41, 5.74) is 2.26. The van der Waals surface area contributed by atoms with Crippen molar-refractivity contribution < 1.29 is 4.52 Å². The third-order valence-electron chi connectivity index (χ3n) is 4.08. The Bertz CT molecular complexity index is 528. The summed E-state index contributed by atoms with van der Waals surface area (Å²) in [6.45, 7) is 8.16. The van der Waals surface area contributed by atoms with E-state index in [4.69, 9.17) is 4.52 Å². The highest BCUT2D eigenvalue weighted by molar-refractivity contribution is 5.20. The quantitative estimate of drug-likeness (QED) is 0.851. The third-order valence-corrected chi connectivity index (χ3v) is 4.08. The first-order valence-corrected chi connectivity index (χ1v) is 7.19. The summed E-state index contributed by atoms with van der Waals surface area (Å²) in [6, 6.07) is 0. The number of likely N-dealkylation sites (tertiary alicyclic amines) is 1. The summed E-state index contributed by atoms with van der Waals surface area (Å²) in [5, 5.41) is 8.24. The normalized spacial score (nSPS) is 20.4. The van der Waals surface area contributed by atoms with Gasteiger partial charge in [0, 0.05) is 25.2 Å². The molecule has 2 aromatic heterocycles. The van der Waals surface area contributed by atoms with Gasteiger partial charge in [-0.05, 0) is 39.2 Å². The van der Waals surface area contributed by atoms with Crippen molar-refractivity contribution in [2.75, 3.05) is 13.1 Å². The topological polar surface area (TPSA) is 60.0 Å². The van der Waals surface area contributed by atoms with Gasteiger partial charge >= 0.3 is 0 Å². The van der Waals surface area contributed by atoms with Crippen LogP contribution in [0.15, 0.2) is 17.2 Å². The van der Waals surface area contributed by atoms with Crippen molar-refractivity contribution in [2.45, 2.75) is 39.8 Å². The van der Waals surface area contributed by atoms with E-state index >= 15 is 0 Å². The number of hydrogen-bond acceptors (Lipinski definition) is 5. The van der Waals surface area contributed by atoms with Gasteiger partial charge in [0.2, 0.25) is 0 Å². The fourth-order valence-electron chi connectivity index (χ4n) is 2.99. The molecule has 0 saturated carbocycles. The number of aryl methyl sites for hydroxylation is 2. The minimum Gasteiger partial charge on any atom is -0.361 e. The predicted molar refractivity (Wildman–Crippen MR) is 74.0 cm³/mol. The molecule has 6 heteroatoms. The largest absolute Gasteiger partial charge is 0.361 e. The molecule has 1 aliphatic heterocycles. The zero-order valence-electron chi connectivity index (χ0n) is 12.1. The smallest absolute Gasteiger partial charge is 0.138 e. The van der Waals surface area contributed by atoms with E-state index in [1.165, 1.54) is 18.4 Å². The highest BCUT2D eigenvalue weighted by Gasteiger charge is 2.22. The van der Waals surface area contributed by atoms with E-state index in [9.17, 15) is 0 Å². The van der Waals surface area contributed by atoms with Gasteiger partial charge in [-0.2, -0.15) is 5.10 Å². The van der Waals surface area contributed by atoms with Gasteiger partial charge in [-0.25, -0.2) is 4.98 Å². The summed E-state index contributed by atoms with van der Waals surface area (Å²) >= 11 is 0. The van der Waals surface area contributed by atoms with Crippen molar-refractivity contribution >= 4 is 0 Å². The van der Waals surface area contributed by atoms with Gasteiger partial charge in [0.05, 0.1) is 5.69 Å². The van der Waals surface area contributed by atoms with E-state index < -0.39 is 0 Å². The SMILES string of the molecule is Cc1noc(C)c1CN1CCC[C@H](Cn2cncn2)C1. The van der Waals surface area contributed by atoms with E-state index in [-0.39, 0.29) is 0 Å². The van der Waals surface area contributed by atoms with E-state index in [0.717, 1.165) is 37.6 Å². The summed E-state index contributed by atoms with van der Waals surface area (Å²) in [6.07, 6.45) is 5.90. The molecule has 1 aliphatic rings. The molecule has 0 amide bonds. The fraction of sp³-hybridized carbons (Fsp3) is 0.643. The first-order valence-electron chi connectivity index (χ1n) is 7.19. The molecular formula is C14H21N5O. The lowest BCUT2D eigenvalue weighted by molar-refractivity contribution is 0.152. The van der Waals surface area contributed by atoms with Crippen LogP contribution in [0.25, 0.3) is 0 Å². The van der Waals surface area contributed by atoms with Crippen molar-refractivity contribution in [3.05, 3.63) is 29.7 Å². The molecule has 0 aliphatic carbocycles. The van der Waals surface area contributed by atoms with Crippen molar-refractivity contribution in [2.24, 2.45) is 5.92 Å². The minimum atomic E-state index is 0.644. The maximum atomic E-state index is 5.25. The Morgan fingerprint density at radius 2 is 2.30 bits per heavy atom. The van der Waals surface area contributed by atoms with Crippen LogP contribution < -0.4 is 0 Å². The molecule has 0 radical (unpaired) electrons. The number of aromatic nitrogens is 4. The lowest BCUT2D eigenvalue weighted by Crippen LogP contribution is -2.36. The Morgan fingerprint density at radius 1 is 1.40 bits per heavy atom. The molecule has 1 atom stereocenters. The summed E-state index contributed by atoms with van der Waals surface area (Å²) in [4.78, 5) is 6.51. The Kier molecular flexibility index (Phi) is 3.82. The van der Waals surface area contributed by atoms with E-state index in [1.54, 1.807) is 12.7 Å². The zero-order chi connectivity index (χ0) is 13.9. The van der Waals surface area contributed by atoms with Crippen LogP contribution in [-0.4, -0.2) is 37.9 Å². The van der Waals surface area contributed by atoms with Gasteiger partial charge in [0.25, 0.3) is 0 Å². The second kappa shape index (κ2) is 5.75. The van der Waals surface area contributed by atoms with Crippen LogP contribution >= 0.6 is 0 Å². The van der Waals surface area contributed by atoms with E-state index in [2.05, 4.69) is 20.1 Å². The number of piperidine rings is 1. The molecule has 0 aromatic carbocycles. The summed E-state index contributed by atoms with van der Waals surface area (Å²) < 4.78 is 7.18. The molecule has 108 valence electrons. The maximum absolute atomic E-state index is 5.25. The van der Waals surface area contributed by atoms with Gasteiger partial charge in [-0.3, -0.25) is 9.58 Å². The van der Waals surface area contributed by atoms with Gasteiger partial charge in [0.15, 0.2) is 0 Å². The van der Waals surface area contributed by atoms with Gasteiger partial charge in [-0.15, -0.1) is 0 Å². The van der Waals surface area contributed by atoms with Crippen LogP contribution in [0.4, 0.5) is 0 Å². The number of nitrogens with zero attached hydrogens (tertiary/aromatic N) is 5. The Morgan fingerprint density at radius 3 is 3.00 bits per heavy atom. The second-order valence-corrected chi connectivity index (χ2v) is 5.66. The Balaban J connectivity index is 1.60.